The third-order valence-corrected chi connectivity index (χ3v) is 15.0. The number of carbonyl (C=O) groups excluding carboxylic acids is 4. The van der Waals surface area contributed by atoms with Gasteiger partial charge in [-0.1, -0.05) is 71.1 Å². The maximum Gasteiger partial charge on any atom is 0.329 e. The van der Waals surface area contributed by atoms with E-state index in [9.17, 15) is 34.5 Å². The number of aliphatic hydroxyl groups is 3. The largest absolute Gasteiger partial charge is 0.460 e. The Bertz CT molecular complexity index is 1710. The third-order valence-electron chi connectivity index (χ3n) is 15.0. The fourth-order valence-electron chi connectivity index (χ4n) is 10.6. The van der Waals surface area contributed by atoms with Gasteiger partial charge in [-0.25, -0.2) is 4.79 Å². The monoisotopic (exact) mass is 914 g/mol. The fraction of sp³-hybridized carbons (Fsp3) is 0.769. The van der Waals surface area contributed by atoms with E-state index in [2.05, 4.69) is 0 Å². The van der Waals surface area contributed by atoms with Crippen LogP contribution in [-0.2, 0) is 42.9 Å². The lowest BCUT2D eigenvalue weighted by molar-refractivity contribution is -0.303. The average molecular weight is 914 g/mol. The van der Waals surface area contributed by atoms with E-state index in [1.165, 1.54) is 12.0 Å². The van der Waals surface area contributed by atoms with Gasteiger partial charge >= 0.3 is 5.97 Å². The van der Waals surface area contributed by atoms with Crippen LogP contribution >= 0.6 is 0 Å². The van der Waals surface area contributed by atoms with Gasteiger partial charge in [0.1, 0.15) is 30.1 Å². The predicted octanol–water partition coefficient (Wildman–Crippen LogP) is 7.25. The molecule has 368 valence electrons. The summed E-state index contributed by atoms with van der Waals surface area (Å²) in [4.78, 5) is 58.5. The molecule has 65 heavy (non-hydrogen) atoms. The molecular formula is C52H83NO12. The number of Topliss-reactive ketones (excluding diaryl/α,β-unsaturated/α-hetero) is 2. The number of hydrogen-bond donors (Lipinski definition) is 3. The molecule has 3 aliphatic heterocycles. The van der Waals surface area contributed by atoms with E-state index in [0.29, 0.717) is 76.3 Å². The normalized spacial score (nSPS) is 41.5. The predicted molar refractivity (Wildman–Crippen MR) is 249 cm³/mol. The molecule has 13 nitrogen and oxygen atoms in total. The Balaban J connectivity index is 1.70. The van der Waals surface area contributed by atoms with Crippen molar-refractivity contribution in [3.05, 3.63) is 47.6 Å². The lowest BCUT2D eigenvalue weighted by Gasteiger charge is -2.47. The van der Waals surface area contributed by atoms with Gasteiger partial charge in [-0.3, -0.25) is 14.4 Å². The molecular weight excluding hydrogens is 831 g/mol. The van der Waals surface area contributed by atoms with Crippen LogP contribution in [0.25, 0.3) is 0 Å². The molecule has 0 spiro atoms. The van der Waals surface area contributed by atoms with E-state index in [0.717, 1.165) is 12.0 Å². The zero-order valence-corrected chi connectivity index (χ0v) is 41.3. The van der Waals surface area contributed by atoms with Gasteiger partial charge in [0.05, 0.1) is 30.3 Å². The van der Waals surface area contributed by atoms with Crippen molar-refractivity contribution in [3.63, 3.8) is 0 Å². The number of ketones is 2. The molecule has 2 saturated heterocycles. The van der Waals surface area contributed by atoms with Gasteiger partial charge in [0.15, 0.2) is 11.6 Å². The number of rotatable bonds is 6. The quantitative estimate of drug-likeness (QED) is 0.180. The number of esters is 1. The fourth-order valence-corrected chi connectivity index (χ4v) is 10.6. The molecule has 3 fully saturated rings. The molecule has 4 aliphatic rings. The molecule has 0 aromatic heterocycles. The summed E-state index contributed by atoms with van der Waals surface area (Å²) in [7, 11) is 4.63. The first-order valence-corrected chi connectivity index (χ1v) is 24.4. The number of ether oxygens (including phenoxy) is 5. The number of nitrogens with zero attached hydrogens (tertiary/aromatic N) is 1. The van der Waals surface area contributed by atoms with Crippen LogP contribution in [0.15, 0.2) is 47.6 Å². The minimum atomic E-state index is -1.79. The lowest BCUT2D eigenvalue weighted by atomic mass is 9.78. The Hall–Kier alpha value is -3.04. The topological polar surface area (TPSA) is 178 Å². The van der Waals surface area contributed by atoms with Crippen molar-refractivity contribution in [2.24, 2.45) is 41.4 Å². The molecule has 3 heterocycles. The molecule has 13 heteroatoms. The van der Waals surface area contributed by atoms with Crippen LogP contribution in [0.3, 0.4) is 0 Å². The number of methoxy groups -OCH3 is 3. The Labute approximate surface area is 389 Å². The molecule has 1 amide bonds. The molecule has 1 saturated carbocycles. The van der Waals surface area contributed by atoms with E-state index in [1.807, 2.05) is 65.0 Å². The number of aliphatic hydroxyl groups excluding tert-OH is 2. The van der Waals surface area contributed by atoms with Gasteiger partial charge in [0, 0.05) is 58.5 Å². The molecule has 4 rings (SSSR count). The molecule has 2 bridgehead atoms. The molecule has 0 radical (unpaired) electrons. The maximum absolute atomic E-state index is 14.6. The third kappa shape index (κ3) is 14.5. The first-order valence-electron chi connectivity index (χ1n) is 24.4. The molecule has 1 aliphatic carbocycles. The van der Waals surface area contributed by atoms with Crippen LogP contribution in [0, 0.1) is 41.4 Å². The summed E-state index contributed by atoms with van der Waals surface area (Å²) in [5.41, 5.74) is 1.38. The second-order valence-electron chi connectivity index (χ2n) is 20.1. The van der Waals surface area contributed by atoms with Crippen LogP contribution in [-0.4, -0.2) is 126 Å². The number of piperidine rings is 1. The van der Waals surface area contributed by atoms with E-state index < -0.39 is 66.1 Å². The van der Waals surface area contributed by atoms with Crippen LogP contribution in [0.4, 0.5) is 0 Å². The summed E-state index contributed by atoms with van der Waals surface area (Å²) in [6.07, 6.45) is 13.2. The van der Waals surface area contributed by atoms with Gasteiger partial charge in [-0.05, 0) is 114 Å². The van der Waals surface area contributed by atoms with Crippen molar-refractivity contribution >= 4 is 23.4 Å². The summed E-state index contributed by atoms with van der Waals surface area (Å²) >= 11 is 0. The Kier molecular flexibility index (Phi) is 21.3. The first-order chi connectivity index (χ1) is 30.7. The highest BCUT2D eigenvalue weighted by atomic mass is 16.6. The Morgan fingerprint density at radius 1 is 0.846 bits per heavy atom. The van der Waals surface area contributed by atoms with Crippen molar-refractivity contribution < 1.29 is 58.2 Å². The second kappa shape index (κ2) is 25.4. The Morgan fingerprint density at radius 3 is 2.25 bits per heavy atom. The lowest BCUT2D eigenvalue weighted by Crippen LogP contribution is -2.59. The van der Waals surface area contributed by atoms with Crippen LogP contribution < -0.4 is 0 Å². The first kappa shape index (κ1) is 54.6. The second-order valence-corrected chi connectivity index (χ2v) is 20.1. The number of fused-ring (bicyclic) bond motifs is 3. The van der Waals surface area contributed by atoms with Gasteiger partial charge in [-0.15, -0.1) is 0 Å². The number of carbonyl (C=O) groups is 4. The minimum Gasteiger partial charge on any atom is -0.460 e. The van der Waals surface area contributed by atoms with Gasteiger partial charge in [0.25, 0.3) is 0 Å². The zero-order valence-electron chi connectivity index (χ0n) is 41.3. The van der Waals surface area contributed by atoms with Crippen molar-refractivity contribution in [1.82, 2.24) is 4.90 Å². The summed E-state index contributed by atoms with van der Waals surface area (Å²) in [5, 5.41) is 34.2. The van der Waals surface area contributed by atoms with Gasteiger partial charge < -0.3 is 43.9 Å². The van der Waals surface area contributed by atoms with Crippen LogP contribution in [0.1, 0.15) is 132 Å². The highest BCUT2D eigenvalue weighted by molar-refractivity contribution is 5.88. The average Bonchev–Trinajstić information content (AvgIpc) is 3.28. The summed E-state index contributed by atoms with van der Waals surface area (Å²) in [5.74, 6) is -5.75. The van der Waals surface area contributed by atoms with E-state index >= 15 is 0 Å². The smallest absolute Gasteiger partial charge is 0.329 e. The maximum atomic E-state index is 14.6. The van der Waals surface area contributed by atoms with E-state index in [-0.39, 0.29) is 59.8 Å². The summed E-state index contributed by atoms with van der Waals surface area (Å²) in [6, 6.07) is -0.919. The molecule has 0 aromatic carbocycles. The summed E-state index contributed by atoms with van der Waals surface area (Å²) in [6.45, 7) is 15.1. The van der Waals surface area contributed by atoms with Crippen molar-refractivity contribution in [3.8, 4) is 0 Å². The Morgan fingerprint density at radius 2 is 1.57 bits per heavy atom. The van der Waals surface area contributed by atoms with Crippen LogP contribution in [0.2, 0.25) is 0 Å². The number of cyclic esters (lactones) is 1. The number of amides is 1. The number of hydrogen-bond acceptors (Lipinski definition) is 12. The van der Waals surface area contributed by atoms with Crippen molar-refractivity contribution in [2.75, 3.05) is 27.9 Å². The summed E-state index contributed by atoms with van der Waals surface area (Å²) < 4.78 is 30.0. The van der Waals surface area contributed by atoms with E-state index in [4.69, 9.17) is 23.7 Å². The minimum absolute atomic E-state index is 0.0468. The van der Waals surface area contributed by atoms with Gasteiger partial charge in [0.2, 0.25) is 5.91 Å². The van der Waals surface area contributed by atoms with Crippen molar-refractivity contribution in [1.29, 1.82) is 0 Å². The molecule has 8 unspecified atom stereocenters. The zero-order chi connectivity index (χ0) is 48.2. The standard InChI is InChI=1S/C52H83NO12/c1-31-17-13-12-14-18-32(2)44(61-9)29-40-22-20-37(7)52(60,65-40)38(8)50(58)53-24-16-15-19-41(53)51(59)64-45(34(4)27-39-21-23-42(54)46(28-39)62-10)30-43(55)33(3)26-36(6)48(57)49(63-11)47(56)35(5)25-31/h12-14,17-18,26,31,33-35,37-42,44-46,48-49,54,57,60H,15-16,19-25,27-30H2,1-11H3/b14-12+,17-13+,32-18+,36-26+/t31-,33-,34-,35?,37?,38?,39?,40+,41?,42-,44+,45+,46?,48?,49+,52?/m1/s1. The van der Waals surface area contributed by atoms with E-state index in [1.54, 1.807) is 41.1 Å². The molecule has 3 N–H and O–H groups in total. The van der Waals surface area contributed by atoms with Gasteiger partial charge in [-0.2, -0.15) is 0 Å². The highest BCUT2D eigenvalue weighted by Crippen LogP contribution is 2.41. The highest BCUT2D eigenvalue weighted by Gasteiger charge is 2.51. The molecule has 0 aromatic rings. The van der Waals surface area contributed by atoms with Crippen LogP contribution in [0.5, 0.6) is 0 Å². The molecule has 16 atom stereocenters. The SMILES string of the molecule is COC1CC(C[C@@H](C)[C@@H]2CC(=O)[C@H](C)/C=C(\C)C(O)[C@@H](OC)C(=O)C(C)C[C@H](C)/C=C/C=C/C=C(\C)[C@@H](OC)C[C@@H]3CCC(C)C(O)(O3)C(C)C(=O)N3CCCCC3C(=O)O2)CC[C@H]1O. The number of allylic oxidation sites excluding steroid dienone is 6. The van der Waals surface area contributed by atoms with Crippen molar-refractivity contribution in [2.45, 2.75) is 187 Å².